The molecule has 3 rings (SSSR count). The van der Waals surface area contributed by atoms with E-state index in [4.69, 9.17) is 0 Å². The summed E-state index contributed by atoms with van der Waals surface area (Å²) >= 11 is 0. The predicted octanol–water partition coefficient (Wildman–Crippen LogP) is 2.47. The SMILES string of the molecule is CCNC1CCCC1N1CCC(N2CCCCC2)CC1. The molecule has 1 saturated carbocycles. The van der Waals surface area contributed by atoms with E-state index in [2.05, 4.69) is 22.0 Å². The fourth-order valence-corrected chi connectivity index (χ4v) is 4.74. The van der Waals surface area contributed by atoms with Gasteiger partial charge in [0, 0.05) is 18.1 Å². The third kappa shape index (κ3) is 3.37. The lowest BCUT2D eigenvalue weighted by atomic mass is 9.97. The Morgan fingerprint density at radius 1 is 0.800 bits per heavy atom. The maximum absolute atomic E-state index is 3.71. The van der Waals surface area contributed by atoms with Crippen LogP contribution in [0.4, 0.5) is 0 Å². The van der Waals surface area contributed by atoms with Crippen LogP contribution in [0.5, 0.6) is 0 Å². The van der Waals surface area contributed by atoms with Crippen molar-refractivity contribution in [2.45, 2.75) is 76.4 Å². The molecule has 2 heterocycles. The molecule has 0 bridgehead atoms. The lowest BCUT2D eigenvalue weighted by Gasteiger charge is -2.43. The lowest BCUT2D eigenvalue weighted by Crippen LogP contribution is -2.53. The van der Waals surface area contributed by atoms with Crippen molar-refractivity contribution in [1.29, 1.82) is 0 Å². The van der Waals surface area contributed by atoms with Gasteiger partial charge in [-0.3, -0.25) is 4.90 Å². The molecule has 3 aliphatic rings. The van der Waals surface area contributed by atoms with Crippen LogP contribution in [0.3, 0.4) is 0 Å². The van der Waals surface area contributed by atoms with Crippen molar-refractivity contribution in [1.82, 2.24) is 15.1 Å². The quantitative estimate of drug-likeness (QED) is 0.853. The van der Waals surface area contributed by atoms with Crippen LogP contribution in [0.1, 0.15) is 58.3 Å². The first-order chi connectivity index (χ1) is 9.88. The molecule has 1 N–H and O–H groups in total. The number of hydrogen-bond donors (Lipinski definition) is 1. The number of likely N-dealkylation sites (tertiary alicyclic amines) is 2. The molecule has 2 atom stereocenters. The molecule has 116 valence electrons. The van der Waals surface area contributed by atoms with Gasteiger partial charge >= 0.3 is 0 Å². The van der Waals surface area contributed by atoms with E-state index in [1.807, 2.05) is 0 Å². The molecule has 1 aliphatic carbocycles. The van der Waals surface area contributed by atoms with Crippen LogP contribution < -0.4 is 5.32 Å². The summed E-state index contributed by atoms with van der Waals surface area (Å²) in [5, 5.41) is 3.71. The molecule has 0 aromatic rings. The zero-order valence-corrected chi connectivity index (χ0v) is 13.3. The van der Waals surface area contributed by atoms with Crippen molar-refractivity contribution >= 4 is 0 Å². The number of rotatable bonds is 4. The fraction of sp³-hybridized carbons (Fsp3) is 1.00. The van der Waals surface area contributed by atoms with Crippen molar-refractivity contribution in [3.63, 3.8) is 0 Å². The van der Waals surface area contributed by atoms with Gasteiger partial charge in [0.25, 0.3) is 0 Å². The smallest absolute Gasteiger partial charge is 0.0249 e. The van der Waals surface area contributed by atoms with Crippen molar-refractivity contribution in [3.05, 3.63) is 0 Å². The average molecular weight is 279 g/mol. The Balaban J connectivity index is 1.47. The number of nitrogens with one attached hydrogen (secondary N) is 1. The van der Waals surface area contributed by atoms with Crippen LogP contribution in [-0.2, 0) is 0 Å². The Labute approximate surface area is 125 Å². The standard InChI is InChI=1S/C17H33N3/c1-2-18-16-7-6-8-17(16)20-13-9-15(10-14-20)19-11-4-3-5-12-19/h15-18H,2-14H2,1H3. The van der Waals surface area contributed by atoms with Gasteiger partial charge in [-0.05, 0) is 71.2 Å². The number of piperidine rings is 2. The Morgan fingerprint density at radius 3 is 2.25 bits per heavy atom. The second-order valence-corrected chi connectivity index (χ2v) is 7.03. The first-order valence-corrected chi connectivity index (χ1v) is 9.10. The van der Waals surface area contributed by atoms with Crippen LogP contribution in [0, 0.1) is 0 Å². The van der Waals surface area contributed by atoms with Crippen molar-refractivity contribution < 1.29 is 0 Å². The molecule has 3 fully saturated rings. The fourth-order valence-electron chi connectivity index (χ4n) is 4.74. The second kappa shape index (κ2) is 7.24. The van der Waals surface area contributed by atoms with Crippen LogP contribution >= 0.6 is 0 Å². The molecule has 0 radical (unpaired) electrons. The highest BCUT2D eigenvalue weighted by Crippen LogP contribution is 2.28. The molecule has 2 aliphatic heterocycles. The summed E-state index contributed by atoms with van der Waals surface area (Å²) in [5.74, 6) is 0. The first kappa shape index (κ1) is 14.8. The van der Waals surface area contributed by atoms with E-state index in [1.165, 1.54) is 77.5 Å². The Hall–Kier alpha value is -0.120. The van der Waals surface area contributed by atoms with Crippen LogP contribution in [-0.4, -0.2) is 60.6 Å². The summed E-state index contributed by atoms with van der Waals surface area (Å²) in [7, 11) is 0. The second-order valence-electron chi connectivity index (χ2n) is 7.03. The zero-order chi connectivity index (χ0) is 13.8. The van der Waals surface area contributed by atoms with Gasteiger partial charge in [0.2, 0.25) is 0 Å². The average Bonchev–Trinajstić information content (AvgIpc) is 2.97. The van der Waals surface area contributed by atoms with E-state index in [0.29, 0.717) is 0 Å². The molecule has 2 unspecified atom stereocenters. The maximum Gasteiger partial charge on any atom is 0.0249 e. The van der Waals surface area contributed by atoms with E-state index in [0.717, 1.165) is 24.7 Å². The van der Waals surface area contributed by atoms with Crippen molar-refractivity contribution in [2.75, 3.05) is 32.7 Å². The summed E-state index contributed by atoms with van der Waals surface area (Å²) < 4.78 is 0. The van der Waals surface area contributed by atoms with Crippen molar-refractivity contribution in [3.8, 4) is 0 Å². The highest BCUT2D eigenvalue weighted by Gasteiger charge is 2.34. The Bertz CT molecular complexity index is 280. The monoisotopic (exact) mass is 279 g/mol. The van der Waals surface area contributed by atoms with Gasteiger partial charge in [-0.15, -0.1) is 0 Å². The minimum Gasteiger partial charge on any atom is -0.313 e. The third-order valence-corrected chi connectivity index (χ3v) is 5.82. The number of likely N-dealkylation sites (N-methyl/N-ethyl adjacent to an activating group) is 1. The molecule has 0 aromatic heterocycles. The normalized spacial score (nSPS) is 34.6. The van der Waals surface area contributed by atoms with E-state index in [-0.39, 0.29) is 0 Å². The molecule has 20 heavy (non-hydrogen) atoms. The molecule has 2 saturated heterocycles. The van der Waals surface area contributed by atoms with Crippen LogP contribution in [0.15, 0.2) is 0 Å². The largest absolute Gasteiger partial charge is 0.313 e. The Kier molecular flexibility index (Phi) is 5.36. The molecule has 0 amide bonds. The molecular formula is C17H33N3. The minimum atomic E-state index is 0.770. The summed E-state index contributed by atoms with van der Waals surface area (Å²) in [6, 6.07) is 2.49. The van der Waals surface area contributed by atoms with Crippen LogP contribution in [0.2, 0.25) is 0 Å². The summed E-state index contributed by atoms with van der Waals surface area (Å²) in [5.41, 5.74) is 0. The van der Waals surface area contributed by atoms with Gasteiger partial charge in [0.15, 0.2) is 0 Å². The molecular weight excluding hydrogens is 246 g/mol. The molecule has 0 aromatic carbocycles. The third-order valence-electron chi connectivity index (χ3n) is 5.82. The lowest BCUT2D eigenvalue weighted by molar-refractivity contribution is 0.0667. The van der Waals surface area contributed by atoms with Gasteiger partial charge in [-0.2, -0.15) is 0 Å². The van der Waals surface area contributed by atoms with E-state index < -0.39 is 0 Å². The maximum atomic E-state index is 3.71. The van der Waals surface area contributed by atoms with Gasteiger partial charge in [0.1, 0.15) is 0 Å². The van der Waals surface area contributed by atoms with E-state index in [9.17, 15) is 0 Å². The minimum absolute atomic E-state index is 0.770. The van der Waals surface area contributed by atoms with E-state index in [1.54, 1.807) is 0 Å². The number of hydrogen-bond acceptors (Lipinski definition) is 3. The first-order valence-electron chi connectivity index (χ1n) is 9.10. The molecule has 3 heteroatoms. The highest BCUT2D eigenvalue weighted by molar-refractivity contribution is 4.93. The van der Waals surface area contributed by atoms with Gasteiger partial charge < -0.3 is 10.2 Å². The zero-order valence-electron chi connectivity index (χ0n) is 13.3. The van der Waals surface area contributed by atoms with Crippen molar-refractivity contribution in [2.24, 2.45) is 0 Å². The summed E-state index contributed by atoms with van der Waals surface area (Å²) in [6.45, 7) is 8.80. The molecule has 0 spiro atoms. The summed E-state index contributed by atoms with van der Waals surface area (Å²) in [6.07, 6.45) is 11.4. The van der Waals surface area contributed by atoms with E-state index >= 15 is 0 Å². The van der Waals surface area contributed by atoms with Crippen LogP contribution in [0.25, 0.3) is 0 Å². The van der Waals surface area contributed by atoms with Gasteiger partial charge in [-0.25, -0.2) is 0 Å². The Morgan fingerprint density at radius 2 is 1.55 bits per heavy atom. The topological polar surface area (TPSA) is 18.5 Å². The summed E-state index contributed by atoms with van der Waals surface area (Å²) in [4.78, 5) is 5.60. The van der Waals surface area contributed by atoms with Gasteiger partial charge in [0.05, 0.1) is 0 Å². The predicted molar refractivity (Wildman–Crippen MR) is 85.1 cm³/mol. The molecule has 3 nitrogen and oxygen atoms in total. The van der Waals surface area contributed by atoms with Gasteiger partial charge in [-0.1, -0.05) is 19.8 Å². The highest BCUT2D eigenvalue weighted by atomic mass is 15.2. The number of nitrogens with zero attached hydrogens (tertiary/aromatic N) is 2.